The van der Waals surface area contributed by atoms with Gasteiger partial charge in [-0.2, -0.15) is 0 Å². The lowest BCUT2D eigenvalue weighted by atomic mass is 9.91. The van der Waals surface area contributed by atoms with Crippen LogP contribution in [-0.2, 0) is 6.42 Å². The number of rotatable bonds is 5. The maximum atomic E-state index is 12.0. The van der Waals surface area contributed by atoms with Crippen LogP contribution in [0.2, 0.25) is 0 Å². The fraction of sp³-hybridized carbons (Fsp3) is 0.571. The summed E-state index contributed by atoms with van der Waals surface area (Å²) in [6.07, 6.45) is -1.16. The molecule has 106 valence electrons. The Hall–Kier alpha value is -1.23. The van der Waals surface area contributed by atoms with Crippen LogP contribution in [0.4, 0.5) is 13.2 Å². The molecule has 1 unspecified atom stereocenters. The summed E-state index contributed by atoms with van der Waals surface area (Å²) in [6, 6.07) is 5.66. The first-order chi connectivity index (χ1) is 8.73. The second kappa shape index (κ2) is 5.04. The molecule has 0 radical (unpaired) electrons. The van der Waals surface area contributed by atoms with Crippen molar-refractivity contribution < 1.29 is 23.0 Å². The Labute approximate surface area is 110 Å². The van der Waals surface area contributed by atoms with Gasteiger partial charge in [0, 0.05) is 6.42 Å². The van der Waals surface area contributed by atoms with E-state index in [1.54, 1.807) is 19.1 Å². The van der Waals surface area contributed by atoms with E-state index in [2.05, 4.69) is 4.74 Å². The highest BCUT2D eigenvalue weighted by Crippen LogP contribution is 2.37. The van der Waals surface area contributed by atoms with Gasteiger partial charge >= 0.3 is 6.36 Å². The molecule has 2 rings (SSSR count). The van der Waals surface area contributed by atoms with Crippen LogP contribution < -0.4 is 4.74 Å². The maximum absolute atomic E-state index is 12.0. The molecule has 1 aromatic rings. The summed E-state index contributed by atoms with van der Waals surface area (Å²) in [6.45, 7) is 1.77. The van der Waals surface area contributed by atoms with Gasteiger partial charge in [0.05, 0.1) is 5.60 Å². The van der Waals surface area contributed by atoms with Crippen LogP contribution in [0.25, 0.3) is 0 Å². The first-order valence-electron chi connectivity index (χ1n) is 6.31. The van der Waals surface area contributed by atoms with Crippen molar-refractivity contribution in [3.05, 3.63) is 29.8 Å². The molecule has 1 aliphatic rings. The zero-order valence-corrected chi connectivity index (χ0v) is 10.7. The monoisotopic (exact) mass is 274 g/mol. The number of hydrogen-bond donors (Lipinski definition) is 1. The van der Waals surface area contributed by atoms with Gasteiger partial charge in [-0.15, -0.1) is 13.2 Å². The Morgan fingerprint density at radius 3 is 2.26 bits per heavy atom. The molecular formula is C14H17F3O2. The topological polar surface area (TPSA) is 29.5 Å². The molecular weight excluding hydrogens is 257 g/mol. The van der Waals surface area contributed by atoms with Gasteiger partial charge in [0.2, 0.25) is 0 Å². The molecule has 5 heteroatoms. The van der Waals surface area contributed by atoms with Crippen molar-refractivity contribution in [1.82, 2.24) is 0 Å². The fourth-order valence-electron chi connectivity index (χ4n) is 2.26. The van der Waals surface area contributed by atoms with Crippen LogP contribution >= 0.6 is 0 Å². The highest BCUT2D eigenvalue weighted by Gasteiger charge is 2.32. The molecule has 0 aliphatic heterocycles. The lowest BCUT2D eigenvalue weighted by Gasteiger charge is -2.23. The fourth-order valence-corrected chi connectivity index (χ4v) is 2.26. The van der Waals surface area contributed by atoms with E-state index in [1.807, 2.05) is 0 Å². The van der Waals surface area contributed by atoms with Crippen LogP contribution in [0.3, 0.4) is 0 Å². The smallest absolute Gasteiger partial charge is 0.406 e. The van der Waals surface area contributed by atoms with Crippen molar-refractivity contribution >= 4 is 0 Å². The first-order valence-corrected chi connectivity index (χ1v) is 6.31. The Morgan fingerprint density at radius 1 is 1.21 bits per heavy atom. The standard InChI is InChI=1S/C14H17F3O2/c1-13(18,8-10-2-3-10)9-11-4-6-12(7-5-11)19-14(15,16)17/h4-7,10,18H,2-3,8-9H2,1H3. The van der Waals surface area contributed by atoms with Gasteiger partial charge in [0.25, 0.3) is 0 Å². The second-order valence-corrected chi connectivity index (χ2v) is 5.51. The van der Waals surface area contributed by atoms with Gasteiger partial charge in [-0.1, -0.05) is 25.0 Å². The number of halogens is 3. The molecule has 0 spiro atoms. The molecule has 0 bridgehead atoms. The molecule has 1 aromatic carbocycles. The SMILES string of the molecule is CC(O)(Cc1ccc(OC(F)(F)F)cc1)CC1CC1. The molecule has 1 aliphatic carbocycles. The van der Waals surface area contributed by atoms with Gasteiger partial charge in [-0.05, 0) is 37.0 Å². The highest BCUT2D eigenvalue weighted by atomic mass is 19.4. The minimum Gasteiger partial charge on any atom is -0.406 e. The number of benzene rings is 1. The molecule has 0 saturated heterocycles. The Balaban J connectivity index is 1.94. The summed E-state index contributed by atoms with van der Waals surface area (Å²) in [5.74, 6) is 0.362. The van der Waals surface area contributed by atoms with Gasteiger partial charge in [-0.3, -0.25) is 0 Å². The Morgan fingerprint density at radius 2 is 1.79 bits per heavy atom. The first kappa shape index (κ1) is 14.2. The number of ether oxygens (including phenoxy) is 1. The average molecular weight is 274 g/mol. The van der Waals surface area contributed by atoms with Crippen molar-refractivity contribution in [1.29, 1.82) is 0 Å². The molecule has 1 atom stereocenters. The van der Waals surface area contributed by atoms with E-state index in [-0.39, 0.29) is 5.75 Å². The molecule has 0 aromatic heterocycles. The summed E-state index contributed by atoms with van der Waals surface area (Å²) in [5.41, 5.74) is 0.00767. The predicted octanol–water partition coefficient (Wildman–Crippen LogP) is 3.68. The van der Waals surface area contributed by atoms with Crippen molar-refractivity contribution in [2.45, 2.75) is 44.6 Å². The van der Waals surface area contributed by atoms with Gasteiger partial charge in [0.15, 0.2) is 0 Å². The third-order valence-electron chi connectivity index (χ3n) is 3.17. The summed E-state index contributed by atoms with van der Waals surface area (Å²) >= 11 is 0. The van der Waals surface area contributed by atoms with Gasteiger partial charge in [-0.25, -0.2) is 0 Å². The summed E-state index contributed by atoms with van der Waals surface area (Å²) in [5, 5.41) is 10.2. The summed E-state index contributed by atoms with van der Waals surface area (Å²) in [7, 11) is 0. The zero-order chi connectivity index (χ0) is 14.1. The quantitative estimate of drug-likeness (QED) is 0.887. The normalized spacial score (nSPS) is 19.0. The molecule has 0 heterocycles. The molecule has 1 fully saturated rings. The summed E-state index contributed by atoms with van der Waals surface area (Å²) < 4.78 is 39.8. The number of hydrogen-bond acceptors (Lipinski definition) is 2. The molecule has 1 saturated carbocycles. The lowest BCUT2D eigenvalue weighted by molar-refractivity contribution is -0.274. The second-order valence-electron chi connectivity index (χ2n) is 5.51. The Kier molecular flexibility index (Phi) is 3.76. The average Bonchev–Trinajstić information content (AvgIpc) is 3.01. The van der Waals surface area contributed by atoms with Crippen molar-refractivity contribution in [2.75, 3.05) is 0 Å². The lowest BCUT2D eigenvalue weighted by Crippen LogP contribution is -2.27. The predicted molar refractivity (Wildman–Crippen MR) is 64.8 cm³/mol. The third kappa shape index (κ3) is 5.11. The minimum atomic E-state index is -4.67. The zero-order valence-electron chi connectivity index (χ0n) is 10.7. The van der Waals surface area contributed by atoms with Crippen LogP contribution in [0.1, 0.15) is 31.7 Å². The van der Waals surface area contributed by atoms with Gasteiger partial charge in [0.1, 0.15) is 5.75 Å². The van der Waals surface area contributed by atoms with Crippen LogP contribution in [-0.4, -0.2) is 17.1 Å². The van der Waals surface area contributed by atoms with Crippen molar-refractivity contribution in [3.63, 3.8) is 0 Å². The molecule has 2 nitrogen and oxygen atoms in total. The molecule has 0 amide bonds. The summed E-state index contributed by atoms with van der Waals surface area (Å²) in [4.78, 5) is 0. The van der Waals surface area contributed by atoms with E-state index in [0.29, 0.717) is 12.3 Å². The molecule has 1 N–H and O–H groups in total. The van der Waals surface area contributed by atoms with Crippen molar-refractivity contribution in [3.8, 4) is 5.75 Å². The van der Waals surface area contributed by atoms with Crippen molar-refractivity contribution in [2.24, 2.45) is 5.92 Å². The van der Waals surface area contributed by atoms with Gasteiger partial charge < -0.3 is 9.84 Å². The molecule has 19 heavy (non-hydrogen) atoms. The van der Waals surface area contributed by atoms with Crippen LogP contribution in [0, 0.1) is 5.92 Å². The van der Waals surface area contributed by atoms with E-state index >= 15 is 0 Å². The number of aliphatic hydroxyl groups is 1. The van der Waals surface area contributed by atoms with E-state index < -0.39 is 12.0 Å². The van der Waals surface area contributed by atoms with E-state index in [4.69, 9.17) is 0 Å². The van der Waals surface area contributed by atoms with Crippen LogP contribution in [0.15, 0.2) is 24.3 Å². The van der Waals surface area contributed by atoms with Crippen LogP contribution in [0.5, 0.6) is 5.75 Å². The van der Waals surface area contributed by atoms with E-state index in [0.717, 1.165) is 24.8 Å². The van der Waals surface area contributed by atoms with E-state index in [9.17, 15) is 18.3 Å². The minimum absolute atomic E-state index is 0.238. The number of alkyl halides is 3. The van der Waals surface area contributed by atoms with E-state index in [1.165, 1.54) is 12.1 Å². The maximum Gasteiger partial charge on any atom is 0.573 e. The third-order valence-corrected chi connectivity index (χ3v) is 3.17. The Bertz CT molecular complexity index is 419. The largest absolute Gasteiger partial charge is 0.573 e. The highest BCUT2D eigenvalue weighted by molar-refractivity contribution is 5.28.